The van der Waals surface area contributed by atoms with Crippen molar-refractivity contribution in [3.05, 3.63) is 0 Å². The zero-order chi connectivity index (χ0) is 15.5. The van der Waals surface area contributed by atoms with Gasteiger partial charge in [-0.15, -0.1) is 0 Å². The van der Waals surface area contributed by atoms with Gasteiger partial charge in [0.15, 0.2) is 5.78 Å². The van der Waals surface area contributed by atoms with Crippen LogP contribution in [-0.4, -0.2) is 43.3 Å². The highest BCUT2D eigenvalue weighted by Crippen LogP contribution is 2.48. The summed E-state index contributed by atoms with van der Waals surface area (Å²) in [4.78, 5) is 27.1. The standard InChI is InChI=1S/C17H30N2O2/c1-13(7-4-5-12-19(2)3)18-16(21)17(10-6-11-17)15(20)14-8-9-14/h13-14H,4-12H2,1-3H3,(H,18,21). The first-order chi connectivity index (χ1) is 9.95. The van der Waals surface area contributed by atoms with Crippen LogP contribution >= 0.6 is 0 Å². The Bertz CT molecular complexity index is 384. The molecular weight excluding hydrogens is 264 g/mol. The van der Waals surface area contributed by atoms with Crippen molar-refractivity contribution in [1.29, 1.82) is 0 Å². The van der Waals surface area contributed by atoms with Crippen molar-refractivity contribution in [2.45, 2.75) is 64.3 Å². The van der Waals surface area contributed by atoms with Crippen LogP contribution in [0.1, 0.15) is 58.3 Å². The van der Waals surface area contributed by atoms with Gasteiger partial charge in [-0.1, -0.05) is 12.8 Å². The Labute approximate surface area is 128 Å². The molecule has 2 fully saturated rings. The number of carbonyl (C=O) groups is 2. The fourth-order valence-corrected chi connectivity index (χ4v) is 3.16. The molecule has 1 atom stereocenters. The minimum Gasteiger partial charge on any atom is -0.353 e. The third kappa shape index (κ3) is 4.06. The Kier molecular flexibility index (Phi) is 5.42. The van der Waals surface area contributed by atoms with Crippen LogP contribution in [-0.2, 0) is 9.59 Å². The van der Waals surface area contributed by atoms with E-state index in [1.54, 1.807) is 0 Å². The highest BCUT2D eigenvalue weighted by molar-refractivity contribution is 6.08. The molecular formula is C17H30N2O2. The summed E-state index contributed by atoms with van der Waals surface area (Å²) in [5, 5.41) is 3.10. The maximum atomic E-state index is 12.5. The number of unbranched alkanes of at least 4 members (excludes halogenated alkanes) is 1. The molecule has 0 aromatic heterocycles. The molecule has 0 aromatic carbocycles. The Hall–Kier alpha value is -0.900. The normalized spacial score (nSPS) is 21.7. The molecule has 2 rings (SSSR count). The number of Topliss-reactive ketones (excluding diaryl/α,β-unsaturated/α-hetero) is 1. The second-order valence-corrected chi connectivity index (χ2v) is 7.25. The monoisotopic (exact) mass is 294 g/mol. The fourth-order valence-electron chi connectivity index (χ4n) is 3.16. The molecule has 0 aromatic rings. The summed E-state index contributed by atoms with van der Waals surface area (Å²) in [5.41, 5.74) is -0.654. The Morgan fingerprint density at radius 3 is 2.38 bits per heavy atom. The van der Waals surface area contributed by atoms with E-state index in [4.69, 9.17) is 0 Å². The second kappa shape index (κ2) is 6.91. The molecule has 2 saturated carbocycles. The zero-order valence-corrected chi connectivity index (χ0v) is 13.8. The van der Waals surface area contributed by atoms with Gasteiger partial charge in [-0.05, 0) is 66.1 Å². The van der Waals surface area contributed by atoms with Gasteiger partial charge in [-0.25, -0.2) is 0 Å². The molecule has 2 aliphatic carbocycles. The quantitative estimate of drug-likeness (QED) is 0.524. The molecule has 4 nitrogen and oxygen atoms in total. The molecule has 4 heteroatoms. The molecule has 1 amide bonds. The van der Waals surface area contributed by atoms with Crippen LogP contribution in [0.3, 0.4) is 0 Å². The van der Waals surface area contributed by atoms with Crippen LogP contribution in [0, 0.1) is 11.3 Å². The van der Waals surface area contributed by atoms with Crippen molar-refractivity contribution >= 4 is 11.7 Å². The number of amides is 1. The largest absolute Gasteiger partial charge is 0.353 e. The van der Waals surface area contributed by atoms with Crippen LogP contribution < -0.4 is 5.32 Å². The van der Waals surface area contributed by atoms with Gasteiger partial charge in [0.2, 0.25) is 5.91 Å². The van der Waals surface area contributed by atoms with E-state index in [0.29, 0.717) is 0 Å². The first-order valence-corrected chi connectivity index (χ1v) is 8.46. The average molecular weight is 294 g/mol. The van der Waals surface area contributed by atoms with Crippen LogP contribution in [0.15, 0.2) is 0 Å². The summed E-state index contributed by atoms with van der Waals surface area (Å²) in [6.07, 6.45) is 7.80. The zero-order valence-electron chi connectivity index (χ0n) is 13.8. The number of nitrogens with one attached hydrogen (secondary N) is 1. The number of rotatable bonds is 9. The van der Waals surface area contributed by atoms with E-state index in [1.807, 2.05) is 0 Å². The molecule has 0 aliphatic heterocycles. The number of nitrogens with zero attached hydrogens (tertiary/aromatic N) is 1. The third-order valence-corrected chi connectivity index (χ3v) is 4.93. The van der Waals surface area contributed by atoms with Gasteiger partial charge in [0.1, 0.15) is 5.41 Å². The molecule has 120 valence electrons. The molecule has 21 heavy (non-hydrogen) atoms. The minimum atomic E-state index is -0.654. The maximum absolute atomic E-state index is 12.5. The average Bonchev–Trinajstić information content (AvgIpc) is 3.16. The topological polar surface area (TPSA) is 49.4 Å². The van der Waals surface area contributed by atoms with Crippen LogP contribution in [0.25, 0.3) is 0 Å². The lowest BCUT2D eigenvalue weighted by Crippen LogP contribution is -2.53. The highest BCUT2D eigenvalue weighted by atomic mass is 16.2. The summed E-state index contributed by atoms with van der Waals surface area (Å²) in [6.45, 7) is 3.15. The van der Waals surface area contributed by atoms with E-state index >= 15 is 0 Å². The summed E-state index contributed by atoms with van der Waals surface area (Å²) >= 11 is 0. The van der Waals surface area contributed by atoms with Crippen molar-refractivity contribution in [2.24, 2.45) is 11.3 Å². The van der Waals surface area contributed by atoms with Gasteiger partial charge in [-0.2, -0.15) is 0 Å². The molecule has 0 spiro atoms. The third-order valence-electron chi connectivity index (χ3n) is 4.93. The first kappa shape index (κ1) is 16.5. The molecule has 0 radical (unpaired) electrons. The summed E-state index contributed by atoms with van der Waals surface area (Å²) in [5.74, 6) is 0.420. The van der Waals surface area contributed by atoms with E-state index < -0.39 is 5.41 Å². The van der Waals surface area contributed by atoms with Gasteiger partial charge in [-0.3, -0.25) is 9.59 Å². The van der Waals surface area contributed by atoms with Crippen LogP contribution in [0.5, 0.6) is 0 Å². The van der Waals surface area contributed by atoms with E-state index in [9.17, 15) is 9.59 Å². The van der Waals surface area contributed by atoms with Gasteiger partial charge >= 0.3 is 0 Å². The highest BCUT2D eigenvalue weighted by Gasteiger charge is 2.54. The van der Waals surface area contributed by atoms with E-state index in [-0.39, 0.29) is 23.7 Å². The number of ketones is 1. The lowest BCUT2D eigenvalue weighted by Gasteiger charge is -2.39. The predicted molar refractivity (Wildman–Crippen MR) is 84.0 cm³/mol. The summed E-state index contributed by atoms with van der Waals surface area (Å²) in [7, 11) is 4.16. The second-order valence-electron chi connectivity index (χ2n) is 7.25. The van der Waals surface area contributed by atoms with E-state index in [0.717, 1.165) is 57.9 Å². The summed E-state index contributed by atoms with van der Waals surface area (Å²) in [6, 6.07) is 0.171. The Balaban J connectivity index is 1.75. The summed E-state index contributed by atoms with van der Waals surface area (Å²) < 4.78 is 0. The molecule has 1 N–H and O–H groups in total. The Morgan fingerprint density at radius 1 is 1.24 bits per heavy atom. The fraction of sp³-hybridized carbons (Fsp3) is 0.882. The van der Waals surface area contributed by atoms with Crippen molar-refractivity contribution in [2.75, 3.05) is 20.6 Å². The lowest BCUT2D eigenvalue weighted by atomic mass is 9.64. The van der Waals surface area contributed by atoms with Gasteiger partial charge in [0, 0.05) is 12.0 Å². The van der Waals surface area contributed by atoms with Crippen molar-refractivity contribution in [3.63, 3.8) is 0 Å². The van der Waals surface area contributed by atoms with Crippen molar-refractivity contribution in [1.82, 2.24) is 10.2 Å². The lowest BCUT2D eigenvalue weighted by molar-refractivity contribution is -0.149. The van der Waals surface area contributed by atoms with E-state index in [1.165, 1.54) is 0 Å². The molecule has 1 unspecified atom stereocenters. The van der Waals surface area contributed by atoms with Crippen molar-refractivity contribution < 1.29 is 9.59 Å². The predicted octanol–water partition coefficient (Wildman–Crippen LogP) is 2.37. The van der Waals surface area contributed by atoms with Crippen molar-refractivity contribution in [3.8, 4) is 0 Å². The van der Waals surface area contributed by atoms with Crippen LogP contribution in [0.2, 0.25) is 0 Å². The molecule has 0 heterocycles. The van der Waals surface area contributed by atoms with Crippen LogP contribution in [0.4, 0.5) is 0 Å². The van der Waals surface area contributed by atoms with Gasteiger partial charge in [0.05, 0.1) is 0 Å². The number of carbonyl (C=O) groups excluding carboxylic acids is 2. The Morgan fingerprint density at radius 2 is 1.90 bits per heavy atom. The molecule has 0 bridgehead atoms. The molecule has 2 aliphatic rings. The maximum Gasteiger partial charge on any atom is 0.233 e. The van der Waals surface area contributed by atoms with E-state index in [2.05, 4.69) is 31.2 Å². The smallest absolute Gasteiger partial charge is 0.233 e. The number of hydrogen-bond acceptors (Lipinski definition) is 3. The SMILES string of the molecule is CC(CCCCN(C)C)NC(=O)C1(C(=O)C2CC2)CCC1. The minimum absolute atomic E-state index is 0.00533. The first-order valence-electron chi connectivity index (χ1n) is 8.46. The number of hydrogen-bond donors (Lipinski definition) is 1. The van der Waals surface area contributed by atoms with Gasteiger partial charge < -0.3 is 10.2 Å². The van der Waals surface area contributed by atoms with Gasteiger partial charge in [0.25, 0.3) is 0 Å². The molecule has 0 saturated heterocycles.